The van der Waals surface area contributed by atoms with Crippen LogP contribution in [0.3, 0.4) is 0 Å². The molecule has 112 valence electrons. The Morgan fingerprint density at radius 1 is 1.20 bits per heavy atom. The molecule has 0 aliphatic carbocycles. The molecular weight excluding hydrogens is 268 g/mol. The van der Waals surface area contributed by atoms with Crippen molar-refractivity contribution >= 4 is 5.97 Å². The molecule has 1 aliphatic rings. The number of ether oxygens (including phenoxy) is 2. The molecule has 7 nitrogen and oxygen atoms in total. The standard InChI is InChI=1S/C13H18O7/c1-5-4-18-6(2)8(5)12(17)20-13-11(16)10(15)9(14)7(3)19-13/h4,7,9-11,13-16H,1-3H3/t7-,9-,10+,11-,13-/m0/s1. The zero-order valence-corrected chi connectivity index (χ0v) is 11.4. The van der Waals surface area contributed by atoms with Gasteiger partial charge in [0.15, 0.2) is 0 Å². The average molecular weight is 286 g/mol. The highest BCUT2D eigenvalue weighted by molar-refractivity contribution is 5.92. The maximum absolute atomic E-state index is 12.0. The highest BCUT2D eigenvalue weighted by Crippen LogP contribution is 2.24. The fourth-order valence-electron chi connectivity index (χ4n) is 2.15. The number of hydrogen-bond acceptors (Lipinski definition) is 7. The molecule has 0 spiro atoms. The zero-order chi connectivity index (χ0) is 15.0. The first-order valence-corrected chi connectivity index (χ1v) is 6.28. The summed E-state index contributed by atoms with van der Waals surface area (Å²) >= 11 is 0. The first-order valence-electron chi connectivity index (χ1n) is 6.28. The van der Waals surface area contributed by atoms with E-state index >= 15 is 0 Å². The molecule has 3 N–H and O–H groups in total. The van der Waals surface area contributed by atoms with Gasteiger partial charge in [-0.3, -0.25) is 0 Å². The van der Waals surface area contributed by atoms with Crippen LogP contribution in [0.2, 0.25) is 0 Å². The number of aliphatic hydroxyl groups is 3. The monoisotopic (exact) mass is 286 g/mol. The highest BCUT2D eigenvalue weighted by atomic mass is 16.7. The van der Waals surface area contributed by atoms with E-state index in [1.807, 2.05) is 0 Å². The first kappa shape index (κ1) is 15.0. The van der Waals surface area contributed by atoms with Crippen molar-refractivity contribution in [2.75, 3.05) is 0 Å². The van der Waals surface area contributed by atoms with E-state index in [9.17, 15) is 20.1 Å². The molecule has 1 saturated heterocycles. The third-order valence-corrected chi connectivity index (χ3v) is 3.39. The molecule has 0 radical (unpaired) electrons. The second kappa shape index (κ2) is 5.53. The molecule has 1 aromatic heterocycles. The molecule has 1 fully saturated rings. The van der Waals surface area contributed by atoms with Crippen molar-refractivity contribution < 1.29 is 34.0 Å². The van der Waals surface area contributed by atoms with Gasteiger partial charge in [0.1, 0.15) is 29.6 Å². The van der Waals surface area contributed by atoms with Crippen molar-refractivity contribution in [2.24, 2.45) is 0 Å². The van der Waals surface area contributed by atoms with E-state index in [4.69, 9.17) is 13.9 Å². The molecular formula is C13H18O7. The number of furan rings is 1. The van der Waals surface area contributed by atoms with E-state index in [2.05, 4.69) is 0 Å². The average Bonchev–Trinajstić information content (AvgIpc) is 2.73. The second-order valence-electron chi connectivity index (χ2n) is 4.94. The third-order valence-electron chi connectivity index (χ3n) is 3.39. The van der Waals surface area contributed by atoms with Crippen LogP contribution in [-0.2, 0) is 9.47 Å². The maximum Gasteiger partial charge on any atom is 0.344 e. The lowest BCUT2D eigenvalue weighted by atomic mass is 10.00. The van der Waals surface area contributed by atoms with Crippen LogP contribution >= 0.6 is 0 Å². The van der Waals surface area contributed by atoms with Crippen LogP contribution in [0.1, 0.15) is 28.6 Å². The van der Waals surface area contributed by atoms with Crippen LogP contribution < -0.4 is 0 Å². The molecule has 0 bridgehead atoms. The van der Waals surface area contributed by atoms with Crippen molar-refractivity contribution in [1.82, 2.24) is 0 Å². The molecule has 7 heteroatoms. The summed E-state index contributed by atoms with van der Waals surface area (Å²) in [7, 11) is 0. The van der Waals surface area contributed by atoms with Gasteiger partial charge in [-0.25, -0.2) is 4.79 Å². The van der Waals surface area contributed by atoms with Crippen LogP contribution in [0, 0.1) is 13.8 Å². The number of hydrogen-bond donors (Lipinski definition) is 3. The maximum atomic E-state index is 12.0. The van der Waals surface area contributed by atoms with Crippen molar-refractivity contribution in [3.8, 4) is 0 Å². The van der Waals surface area contributed by atoms with E-state index in [0.717, 1.165) is 0 Å². The Balaban J connectivity index is 2.12. The topological polar surface area (TPSA) is 109 Å². The van der Waals surface area contributed by atoms with Gasteiger partial charge in [0.25, 0.3) is 0 Å². The quantitative estimate of drug-likeness (QED) is 0.650. The van der Waals surface area contributed by atoms with Crippen molar-refractivity contribution in [3.05, 3.63) is 23.2 Å². The molecule has 0 amide bonds. The molecule has 0 saturated carbocycles. The van der Waals surface area contributed by atoms with Crippen LogP contribution in [0.15, 0.2) is 10.7 Å². The third kappa shape index (κ3) is 2.57. The van der Waals surface area contributed by atoms with Crippen molar-refractivity contribution in [3.63, 3.8) is 0 Å². The molecule has 20 heavy (non-hydrogen) atoms. The van der Waals surface area contributed by atoms with Crippen LogP contribution in [0.5, 0.6) is 0 Å². The summed E-state index contributed by atoms with van der Waals surface area (Å²) in [6.45, 7) is 4.81. The summed E-state index contributed by atoms with van der Waals surface area (Å²) in [5.74, 6) is -0.319. The van der Waals surface area contributed by atoms with Gasteiger partial charge in [-0.2, -0.15) is 0 Å². The van der Waals surface area contributed by atoms with E-state index in [1.54, 1.807) is 13.8 Å². The van der Waals surface area contributed by atoms with Crippen LogP contribution in [-0.4, -0.2) is 52.0 Å². The minimum atomic E-state index is -1.52. The lowest BCUT2D eigenvalue weighted by molar-refractivity contribution is -0.276. The van der Waals surface area contributed by atoms with Gasteiger partial charge < -0.3 is 29.2 Å². The van der Waals surface area contributed by atoms with Crippen LogP contribution in [0.4, 0.5) is 0 Å². The molecule has 5 atom stereocenters. The molecule has 0 aromatic carbocycles. The fraction of sp³-hybridized carbons (Fsp3) is 0.615. The van der Waals surface area contributed by atoms with E-state index < -0.39 is 36.7 Å². The largest absolute Gasteiger partial charge is 0.468 e. The second-order valence-corrected chi connectivity index (χ2v) is 4.94. The first-order chi connectivity index (χ1) is 9.32. The summed E-state index contributed by atoms with van der Waals surface area (Å²) in [6, 6.07) is 0. The zero-order valence-electron chi connectivity index (χ0n) is 11.4. The minimum absolute atomic E-state index is 0.258. The molecule has 1 aliphatic heterocycles. The number of rotatable bonds is 2. The molecule has 2 rings (SSSR count). The summed E-state index contributed by atoms with van der Waals surface area (Å²) in [6.07, 6.45) is -4.88. The van der Waals surface area contributed by atoms with E-state index in [0.29, 0.717) is 11.3 Å². The van der Waals surface area contributed by atoms with Crippen molar-refractivity contribution in [2.45, 2.75) is 51.5 Å². The molecule has 2 heterocycles. The Morgan fingerprint density at radius 2 is 1.85 bits per heavy atom. The van der Waals surface area contributed by atoms with Gasteiger partial charge >= 0.3 is 5.97 Å². The van der Waals surface area contributed by atoms with E-state index in [-0.39, 0.29) is 5.56 Å². The number of aryl methyl sites for hydroxylation is 2. The van der Waals surface area contributed by atoms with Gasteiger partial charge in [-0.15, -0.1) is 0 Å². The Morgan fingerprint density at radius 3 is 2.40 bits per heavy atom. The Bertz CT molecular complexity index is 475. The molecule has 1 aromatic rings. The van der Waals surface area contributed by atoms with Gasteiger partial charge in [-0.1, -0.05) is 0 Å². The lowest BCUT2D eigenvalue weighted by Gasteiger charge is -2.38. The molecule has 0 unspecified atom stereocenters. The minimum Gasteiger partial charge on any atom is -0.468 e. The van der Waals surface area contributed by atoms with Crippen molar-refractivity contribution in [1.29, 1.82) is 0 Å². The van der Waals surface area contributed by atoms with Gasteiger partial charge in [-0.05, 0) is 20.8 Å². The van der Waals surface area contributed by atoms with Gasteiger partial charge in [0.2, 0.25) is 6.29 Å². The number of esters is 1. The van der Waals surface area contributed by atoms with Gasteiger partial charge in [0, 0.05) is 5.56 Å². The summed E-state index contributed by atoms with van der Waals surface area (Å²) in [4.78, 5) is 12.0. The Labute approximate surface area is 115 Å². The van der Waals surface area contributed by atoms with Crippen LogP contribution in [0.25, 0.3) is 0 Å². The smallest absolute Gasteiger partial charge is 0.344 e. The van der Waals surface area contributed by atoms with Gasteiger partial charge in [0.05, 0.1) is 12.4 Å². The fourth-order valence-corrected chi connectivity index (χ4v) is 2.15. The predicted molar refractivity (Wildman–Crippen MR) is 66.0 cm³/mol. The summed E-state index contributed by atoms with van der Waals surface area (Å²) in [5.41, 5.74) is 0.862. The number of carbonyl (C=O) groups is 1. The number of carbonyl (C=O) groups excluding carboxylic acids is 1. The van der Waals surface area contributed by atoms with E-state index in [1.165, 1.54) is 13.2 Å². The Hall–Kier alpha value is -1.41. The summed E-state index contributed by atoms with van der Waals surface area (Å²) < 4.78 is 15.4. The SMILES string of the molecule is Cc1coc(C)c1C(=O)O[C@@H]1O[C@@H](C)[C@H](O)[C@@H](O)[C@@H]1O. The highest BCUT2D eigenvalue weighted by Gasteiger charge is 2.44. The predicted octanol–water partition coefficient (Wildman–Crippen LogP) is -0.119. The Kier molecular flexibility index (Phi) is 4.14. The normalized spacial score (nSPS) is 34.0. The lowest BCUT2D eigenvalue weighted by Crippen LogP contribution is -2.57. The summed E-state index contributed by atoms with van der Waals surface area (Å²) in [5, 5.41) is 29.0. The number of aliphatic hydroxyl groups excluding tert-OH is 3.